The fraction of sp³-hybridized carbons (Fsp3) is 0.281. The molecule has 0 radical (unpaired) electrons. The third kappa shape index (κ3) is 5.61. The van der Waals surface area contributed by atoms with E-state index in [1.165, 1.54) is 21.3 Å². The van der Waals surface area contributed by atoms with Gasteiger partial charge in [-0.2, -0.15) is 0 Å². The van der Waals surface area contributed by atoms with Gasteiger partial charge in [-0.3, -0.25) is 4.79 Å². The number of aromatic nitrogens is 4. The van der Waals surface area contributed by atoms with Crippen molar-refractivity contribution in [3.05, 3.63) is 96.7 Å². The summed E-state index contributed by atoms with van der Waals surface area (Å²) in [4.78, 5) is 15.3. The normalized spacial score (nSPS) is 14.5. The predicted molar refractivity (Wildman–Crippen MR) is 166 cm³/mol. The number of carbonyl (C=O) groups is 1. The van der Waals surface area contributed by atoms with Gasteiger partial charge in [-0.05, 0) is 55.9 Å². The number of rotatable bonds is 9. The monoisotopic (exact) mass is 599 g/mol. The molecule has 0 spiro atoms. The molecule has 1 aliphatic heterocycles. The largest absolute Gasteiger partial charge is 0.342 e. The highest BCUT2D eigenvalue weighted by molar-refractivity contribution is 7.99. The molecule has 2 aromatic heterocycles. The van der Waals surface area contributed by atoms with E-state index in [0.717, 1.165) is 37.7 Å². The van der Waals surface area contributed by atoms with Crippen LogP contribution >= 0.6 is 11.8 Å². The van der Waals surface area contributed by atoms with Gasteiger partial charge in [0.2, 0.25) is 5.91 Å². The van der Waals surface area contributed by atoms with Crippen molar-refractivity contribution < 1.29 is 13.2 Å². The summed E-state index contributed by atoms with van der Waals surface area (Å²) in [5, 5.41) is 10.3. The minimum absolute atomic E-state index is 0.107. The Kier molecular flexibility index (Phi) is 8.17. The van der Waals surface area contributed by atoms with Gasteiger partial charge in [-0.1, -0.05) is 78.5 Å². The van der Waals surface area contributed by atoms with E-state index < -0.39 is 10.0 Å². The minimum atomic E-state index is -3.82. The Morgan fingerprint density at radius 2 is 1.57 bits per heavy atom. The highest BCUT2D eigenvalue weighted by Gasteiger charge is 2.26. The number of thioether (sulfide) groups is 1. The van der Waals surface area contributed by atoms with Gasteiger partial charge in [0.25, 0.3) is 10.0 Å². The summed E-state index contributed by atoms with van der Waals surface area (Å²) < 4.78 is 30.4. The molecule has 1 aliphatic rings. The molecule has 6 rings (SSSR count). The summed E-state index contributed by atoms with van der Waals surface area (Å²) in [5.74, 6) is 1.57. The van der Waals surface area contributed by atoms with E-state index in [1.807, 2.05) is 40.7 Å². The second kappa shape index (κ2) is 12.1. The number of hydrogen-bond donors (Lipinski definition) is 0. The number of carbonyl (C=O) groups excluding carboxylic acids is 1. The Labute approximate surface area is 250 Å². The molecule has 0 atom stereocenters. The van der Waals surface area contributed by atoms with Crippen LogP contribution in [0.5, 0.6) is 0 Å². The minimum Gasteiger partial charge on any atom is -0.342 e. The Morgan fingerprint density at radius 3 is 2.29 bits per heavy atom. The molecular weight excluding hydrogens is 567 g/mol. The topological polar surface area (TPSA) is 90.1 Å². The molecule has 0 unspecified atom stereocenters. The molecule has 10 heteroatoms. The van der Waals surface area contributed by atoms with Crippen molar-refractivity contribution in [2.75, 3.05) is 18.8 Å². The van der Waals surface area contributed by atoms with Crippen LogP contribution in [-0.2, 0) is 27.8 Å². The second-order valence-corrected chi connectivity index (χ2v) is 13.3. The number of piperidine rings is 1. The number of amides is 1. The fourth-order valence-corrected chi connectivity index (χ4v) is 7.96. The zero-order valence-corrected chi connectivity index (χ0v) is 25.1. The molecule has 1 fully saturated rings. The third-order valence-electron chi connectivity index (χ3n) is 7.91. The first-order valence-corrected chi connectivity index (χ1v) is 16.7. The summed E-state index contributed by atoms with van der Waals surface area (Å²) in [6.07, 6.45) is 4.71. The van der Waals surface area contributed by atoms with Gasteiger partial charge >= 0.3 is 0 Å². The van der Waals surface area contributed by atoms with E-state index in [9.17, 15) is 13.2 Å². The number of hydrogen-bond acceptors (Lipinski definition) is 6. The molecule has 1 amide bonds. The van der Waals surface area contributed by atoms with E-state index in [2.05, 4.69) is 34.5 Å². The Bertz CT molecular complexity index is 1790. The summed E-state index contributed by atoms with van der Waals surface area (Å²) in [6.45, 7) is 4.13. The van der Waals surface area contributed by atoms with Crippen molar-refractivity contribution in [3.63, 3.8) is 0 Å². The van der Waals surface area contributed by atoms with Gasteiger partial charge in [-0.15, -0.1) is 10.2 Å². The van der Waals surface area contributed by atoms with Crippen LogP contribution in [0.15, 0.2) is 101 Å². The van der Waals surface area contributed by atoms with Gasteiger partial charge in [0.15, 0.2) is 11.0 Å². The van der Waals surface area contributed by atoms with Gasteiger partial charge in [0.05, 0.1) is 16.2 Å². The molecule has 0 aliphatic carbocycles. The van der Waals surface area contributed by atoms with E-state index >= 15 is 0 Å². The molecule has 0 saturated carbocycles. The highest BCUT2D eigenvalue weighted by Crippen LogP contribution is 2.34. The molecule has 5 aromatic rings. The van der Waals surface area contributed by atoms with Gasteiger partial charge in [0, 0.05) is 36.8 Å². The fourth-order valence-electron chi connectivity index (χ4n) is 5.66. The number of para-hydroxylation sites is 1. The maximum Gasteiger partial charge on any atom is 0.268 e. The molecule has 3 aromatic carbocycles. The van der Waals surface area contributed by atoms with Crippen LogP contribution in [0.2, 0.25) is 0 Å². The molecule has 42 heavy (non-hydrogen) atoms. The smallest absolute Gasteiger partial charge is 0.268 e. The molecule has 0 N–H and O–H groups in total. The molecule has 8 nitrogen and oxygen atoms in total. The maximum absolute atomic E-state index is 13.6. The van der Waals surface area contributed by atoms with Crippen molar-refractivity contribution in [3.8, 4) is 11.4 Å². The van der Waals surface area contributed by atoms with Crippen LogP contribution in [0.4, 0.5) is 0 Å². The first-order chi connectivity index (χ1) is 20.5. The molecule has 216 valence electrons. The predicted octanol–water partition coefficient (Wildman–Crippen LogP) is 5.73. The number of likely N-dealkylation sites (tertiary alicyclic amines) is 1. The summed E-state index contributed by atoms with van der Waals surface area (Å²) in [6, 6.07) is 26.4. The first kappa shape index (κ1) is 28.2. The lowest BCUT2D eigenvalue weighted by atomic mass is 9.90. The van der Waals surface area contributed by atoms with Crippen molar-refractivity contribution in [1.29, 1.82) is 0 Å². The zero-order chi connectivity index (χ0) is 29.1. The lowest BCUT2D eigenvalue weighted by Crippen LogP contribution is -2.39. The van der Waals surface area contributed by atoms with Crippen LogP contribution in [-0.4, -0.2) is 56.8 Å². The SMILES string of the molecule is CCn1c(SCC(=O)N2CCC(Cc3ccccc3)CC2)nnc1-c1cn(S(=O)(=O)c2ccccc2)c2ccccc12. The zero-order valence-electron chi connectivity index (χ0n) is 23.5. The standard InChI is InChI=1S/C32H33N5O3S2/c1-2-36-31(28-22-37(29-16-10-9-15-27(28)29)42(39,40)26-13-7-4-8-14-26)33-34-32(36)41-23-30(38)35-19-17-25(18-20-35)21-24-11-5-3-6-12-24/h3-16,22,25H,2,17-21,23H2,1H3. The second-order valence-electron chi connectivity index (χ2n) is 10.5. The van der Waals surface area contributed by atoms with E-state index in [-0.39, 0.29) is 16.6 Å². The van der Waals surface area contributed by atoms with E-state index in [1.54, 1.807) is 42.6 Å². The number of nitrogens with zero attached hydrogens (tertiary/aromatic N) is 5. The first-order valence-electron chi connectivity index (χ1n) is 14.2. The average molecular weight is 600 g/mol. The van der Waals surface area contributed by atoms with Crippen LogP contribution < -0.4 is 0 Å². The van der Waals surface area contributed by atoms with Crippen LogP contribution in [0.25, 0.3) is 22.3 Å². The Morgan fingerprint density at radius 1 is 0.905 bits per heavy atom. The summed E-state index contributed by atoms with van der Waals surface area (Å²) >= 11 is 1.38. The molecule has 1 saturated heterocycles. The van der Waals surface area contributed by atoms with Gasteiger partial charge in [0.1, 0.15) is 0 Å². The summed E-state index contributed by atoms with van der Waals surface area (Å²) in [7, 11) is -3.82. The maximum atomic E-state index is 13.6. The third-order valence-corrected chi connectivity index (χ3v) is 10.6. The van der Waals surface area contributed by atoms with Crippen LogP contribution in [0.3, 0.4) is 0 Å². The summed E-state index contributed by atoms with van der Waals surface area (Å²) in [5.41, 5.74) is 2.61. The van der Waals surface area contributed by atoms with Crippen molar-refractivity contribution in [1.82, 2.24) is 23.6 Å². The lowest BCUT2D eigenvalue weighted by Gasteiger charge is -2.32. The van der Waals surface area contributed by atoms with Crippen LogP contribution in [0.1, 0.15) is 25.3 Å². The average Bonchev–Trinajstić information content (AvgIpc) is 3.62. The number of fused-ring (bicyclic) bond motifs is 1. The lowest BCUT2D eigenvalue weighted by molar-refractivity contribution is -0.129. The van der Waals surface area contributed by atoms with Crippen LogP contribution in [0, 0.1) is 5.92 Å². The Hall–Kier alpha value is -3.89. The van der Waals surface area contributed by atoms with Gasteiger partial charge in [-0.25, -0.2) is 12.4 Å². The van der Waals surface area contributed by atoms with Crippen molar-refractivity contribution in [2.24, 2.45) is 5.92 Å². The molecule has 0 bridgehead atoms. The molecular formula is C32H33N5O3S2. The quantitative estimate of drug-likeness (QED) is 0.201. The van der Waals surface area contributed by atoms with E-state index in [4.69, 9.17) is 0 Å². The van der Waals surface area contributed by atoms with Crippen molar-refractivity contribution >= 4 is 38.6 Å². The van der Waals surface area contributed by atoms with Crippen molar-refractivity contribution in [2.45, 2.75) is 42.8 Å². The molecule has 3 heterocycles. The highest BCUT2D eigenvalue weighted by atomic mass is 32.2. The number of benzene rings is 3. The van der Waals surface area contributed by atoms with Gasteiger partial charge < -0.3 is 9.47 Å². The van der Waals surface area contributed by atoms with E-state index in [0.29, 0.717) is 34.5 Å². The Balaban J connectivity index is 1.18.